The Morgan fingerprint density at radius 2 is 1.73 bits per heavy atom. The van der Waals surface area contributed by atoms with Crippen molar-refractivity contribution in [3.63, 3.8) is 0 Å². The van der Waals surface area contributed by atoms with E-state index in [-0.39, 0.29) is 5.91 Å². The van der Waals surface area contributed by atoms with E-state index < -0.39 is 0 Å². The molecule has 22 heavy (non-hydrogen) atoms. The van der Waals surface area contributed by atoms with Crippen molar-refractivity contribution in [2.45, 2.75) is 19.8 Å². The van der Waals surface area contributed by atoms with Gasteiger partial charge >= 0.3 is 0 Å². The Morgan fingerprint density at radius 1 is 1.05 bits per heavy atom. The second kappa shape index (κ2) is 7.48. The average molecular weight is 334 g/mol. The topological polar surface area (TPSA) is 29.1 Å². The summed E-state index contributed by atoms with van der Waals surface area (Å²) in [5, 5.41) is 3.78. The molecular weight excluding hydrogens is 317 g/mol. The van der Waals surface area contributed by atoms with E-state index >= 15 is 0 Å². The van der Waals surface area contributed by atoms with Gasteiger partial charge in [-0.05, 0) is 47.4 Å². The molecule has 0 unspecified atom stereocenters. The second-order valence-corrected chi connectivity index (χ2v) is 6.09. The molecule has 0 saturated heterocycles. The summed E-state index contributed by atoms with van der Waals surface area (Å²) in [7, 11) is 0. The molecule has 1 N–H and O–H groups in total. The van der Waals surface area contributed by atoms with Crippen LogP contribution in [0, 0.1) is 0 Å². The molecule has 0 heterocycles. The Balaban J connectivity index is 2.00. The third-order valence-electron chi connectivity index (χ3n) is 3.22. The first kappa shape index (κ1) is 16.6. The zero-order valence-corrected chi connectivity index (χ0v) is 13.9. The van der Waals surface area contributed by atoms with Crippen LogP contribution in [0.5, 0.6) is 0 Å². The summed E-state index contributed by atoms with van der Waals surface area (Å²) < 4.78 is 0. The minimum atomic E-state index is -0.191. The van der Waals surface area contributed by atoms with Crippen LogP contribution < -0.4 is 5.32 Å². The van der Waals surface area contributed by atoms with Gasteiger partial charge in [0.15, 0.2) is 0 Å². The van der Waals surface area contributed by atoms with Gasteiger partial charge in [0.1, 0.15) is 0 Å². The van der Waals surface area contributed by atoms with Crippen LogP contribution in [0.25, 0.3) is 6.08 Å². The second-order valence-electron chi connectivity index (χ2n) is 5.27. The summed E-state index contributed by atoms with van der Waals surface area (Å²) in [4.78, 5) is 11.9. The van der Waals surface area contributed by atoms with E-state index in [0.29, 0.717) is 16.0 Å². The van der Waals surface area contributed by atoms with E-state index in [2.05, 4.69) is 19.2 Å². The fraction of sp³-hybridized carbons (Fsp3) is 0.167. The van der Waals surface area contributed by atoms with Crippen LogP contribution in [0.4, 0.5) is 5.69 Å². The third kappa shape index (κ3) is 4.62. The lowest BCUT2D eigenvalue weighted by Gasteiger charge is -2.07. The quantitative estimate of drug-likeness (QED) is 0.707. The molecule has 0 atom stereocenters. The summed E-state index contributed by atoms with van der Waals surface area (Å²) in [6.07, 6.45) is 3.16. The highest BCUT2D eigenvalue weighted by atomic mass is 35.5. The first-order chi connectivity index (χ1) is 10.5. The minimum absolute atomic E-state index is 0.191. The highest BCUT2D eigenvalue weighted by Gasteiger charge is 2.01. The standard InChI is InChI=1S/C18H17Cl2NO/c1-12(2)14-5-7-15(8-6-14)21-18(22)10-4-13-3-9-16(19)17(20)11-13/h3-12H,1-2H3,(H,21,22)/b10-4+. The number of carbonyl (C=O) groups excluding carboxylic acids is 1. The molecule has 114 valence electrons. The van der Waals surface area contributed by atoms with Crippen molar-refractivity contribution >= 4 is 40.9 Å². The lowest BCUT2D eigenvalue weighted by Crippen LogP contribution is -2.07. The zero-order valence-electron chi connectivity index (χ0n) is 12.4. The number of hydrogen-bond acceptors (Lipinski definition) is 1. The van der Waals surface area contributed by atoms with Gasteiger partial charge in [0.05, 0.1) is 10.0 Å². The van der Waals surface area contributed by atoms with Gasteiger partial charge < -0.3 is 5.32 Å². The molecule has 0 saturated carbocycles. The Morgan fingerprint density at radius 3 is 2.32 bits per heavy atom. The van der Waals surface area contributed by atoms with Crippen molar-refractivity contribution in [1.29, 1.82) is 0 Å². The molecule has 1 amide bonds. The minimum Gasteiger partial charge on any atom is -0.323 e. The monoisotopic (exact) mass is 333 g/mol. The van der Waals surface area contributed by atoms with Crippen LogP contribution in [0.3, 0.4) is 0 Å². The van der Waals surface area contributed by atoms with Crippen molar-refractivity contribution in [3.8, 4) is 0 Å². The van der Waals surface area contributed by atoms with Gasteiger partial charge in [0.2, 0.25) is 5.91 Å². The van der Waals surface area contributed by atoms with Crippen molar-refractivity contribution < 1.29 is 4.79 Å². The maximum absolute atomic E-state index is 11.9. The molecule has 2 aromatic carbocycles. The molecule has 0 aliphatic rings. The number of rotatable bonds is 4. The van der Waals surface area contributed by atoms with Crippen LogP contribution in [0.15, 0.2) is 48.5 Å². The van der Waals surface area contributed by atoms with Crippen molar-refractivity contribution in [2.24, 2.45) is 0 Å². The van der Waals surface area contributed by atoms with Crippen LogP contribution >= 0.6 is 23.2 Å². The largest absolute Gasteiger partial charge is 0.323 e. The van der Waals surface area contributed by atoms with Crippen LogP contribution in [-0.2, 0) is 4.79 Å². The zero-order chi connectivity index (χ0) is 16.1. The third-order valence-corrected chi connectivity index (χ3v) is 3.95. The van der Waals surface area contributed by atoms with E-state index in [1.165, 1.54) is 11.6 Å². The molecule has 0 fully saturated rings. The van der Waals surface area contributed by atoms with Gasteiger partial charge in [-0.15, -0.1) is 0 Å². The number of benzene rings is 2. The first-order valence-corrected chi connectivity index (χ1v) is 7.75. The molecule has 0 spiro atoms. The van der Waals surface area contributed by atoms with Crippen molar-refractivity contribution in [2.75, 3.05) is 5.32 Å². The van der Waals surface area contributed by atoms with E-state index in [9.17, 15) is 4.79 Å². The first-order valence-electron chi connectivity index (χ1n) is 7.00. The predicted octanol–water partition coefficient (Wildman–Crippen LogP) is 5.77. The van der Waals surface area contributed by atoms with Gasteiger partial charge in [0.25, 0.3) is 0 Å². The molecule has 2 nitrogen and oxygen atoms in total. The van der Waals surface area contributed by atoms with Crippen molar-refractivity contribution in [3.05, 3.63) is 69.7 Å². The predicted molar refractivity (Wildman–Crippen MR) is 94.7 cm³/mol. The fourth-order valence-corrected chi connectivity index (χ4v) is 2.23. The summed E-state index contributed by atoms with van der Waals surface area (Å²) in [6.45, 7) is 4.27. The summed E-state index contributed by atoms with van der Waals surface area (Å²) in [5.41, 5.74) is 2.83. The number of anilines is 1. The van der Waals surface area contributed by atoms with E-state index in [4.69, 9.17) is 23.2 Å². The number of carbonyl (C=O) groups is 1. The Kier molecular flexibility index (Phi) is 5.64. The van der Waals surface area contributed by atoms with Gasteiger partial charge in [-0.1, -0.05) is 55.2 Å². The van der Waals surface area contributed by atoms with Gasteiger partial charge in [-0.2, -0.15) is 0 Å². The lowest BCUT2D eigenvalue weighted by atomic mass is 10.0. The fourth-order valence-electron chi connectivity index (χ4n) is 1.92. The molecule has 0 aliphatic heterocycles. The van der Waals surface area contributed by atoms with Crippen molar-refractivity contribution in [1.82, 2.24) is 0 Å². The van der Waals surface area contributed by atoms with Gasteiger partial charge in [0, 0.05) is 11.8 Å². The highest BCUT2D eigenvalue weighted by Crippen LogP contribution is 2.23. The summed E-state index contributed by atoms with van der Waals surface area (Å²) >= 11 is 11.8. The maximum Gasteiger partial charge on any atom is 0.248 e. The molecular formula is C18H17Cl2NO. The molecule has 0 aliphatic carbocycles. The Labute approximate surface area is 140 Å². The van der Waals surface area contributed by atoms with Gasteiger partial charge in [-0.25, -0.2) is 0 Å². The number of amides is 1. The van der Waals surface area contributed by atoms with E-state index in [1.807, 2.05) is 24.3 Å². The molecule has 0 radical (unpaired) electrons. The summed E-state index contributed by atoms with van der Waals surface area (Å²) in [6, 6.07) is 13.1. The Hall–Kier alpha value is -1.77. The van der Waals surface area contributed by atoms with Crippen LogP contribution in [0.1, 0.15) is 30.9 Å². The van der Waals surface area contributed by atoms with E-state index in [1.54, 1.807) is 24.3 Å². The number of hydrogen-bond donors (Lipinski definition) is 1. The molecule has 4 heteroatoms. The molecule has 2 rings (SSSR count). The molecule has 0 aromatic heterocycles. The SMILES string of the molecule is CC(C)c1ccc(NC(=O)/C=C/c2ccc(Cl)c(Cl)c2)cc1. The van der Waals surface area contributed by atoms with Gasteiger partial charge in [-0.3, -0.25) is 4.79 Å². The smallest absolute Gasteiger partial charge is 0.248 e. The van der Waals surface area contributed by atoms with E-state index in [0.717, 1.165) is 11.3 Å². The van der Waals surface area contributed by atoms with Crippen LogP contribution in [-0.4, -0.2) is 5.91 Å². The lowest BCUT2D eigenvalue weighted by molar-refractivity contribution is -0.111. The average Bonchev–Trinajstić information content (AvgIpc) is 2.49. The molecule has 2 aromatic rings. The maximum atomic E-state index is 11.9. The Bertz CT molecular complexity index is 691. The highest BCUT2D eigenvalue weighted by molar-refractivity contribution is 6.42. The summed E-state index contributed by atoms with van der Waals surface area (Å²) in [5.74, 6) is 0.280. The molecule has 0 bridgehead atoms. The number of nitrogens with one attached hydrogen (secondary N) is 1. The number of halogens is 2. The van der Waals surface area contributed by atoms with Crippen LogP contribution in [0.2, 0.25) is 10.0 Å². The normalized spacial score (nSPS) is 11.1.